The van der Waals surface area contributed by atoms with Crippen LogP contribution in [0.5, 0.6) is 0 Å². The van der Waals surface area contributed by atoms with Crippen LogP contribution >= 0.6 is 0 Å². The summed E-state index contributed by atoms with van der Waals surface area (Å²) in [5, 5.41) is 0. The van der Waals surface area contributed by atoms with Crippen molar-refractivity contribution in [2.75, 3.05) is 31.2 Å². The van der Waals surface area contributed by atoms with Gasteiger partial charge in [0.15, 0.2) is 0 Å². The van der Waals surface area contributed by atoms with E-state index in [0.29, 0.717) is 6.42 Å². The van der Waals surface area contributed by atoms with Crippen molar-refractivity contribution in [3.8, 4) is 11.1 Å². The molecule has 0 amide bonds. The molecule has 2 heterocycles. The zero-order valence-corrected chi connectivity index (χ0v) is 19.7. The highest BCUT2D eigenvalue weighted by molar-refractivity contribution is 5.91. The summed E-state index contributed by atoms with van der Waals surface area (Å²) in [6, 6.07) is 24.4. The van der Waals surface area contributed by atoms with Crippen LogP contribution in [-0.2, 0) is 21.4 Å². The summed E-state index contributed by atoms with van der Waals surface area (Å²) in [6.07, 6.45) is 2.25. The maximum absolute atomic E-state index is 13.1. The minimum absolute atomic E-state index is 0.211. The molecular formula is C29H29N3O2. The van der Waals surface area contributed by atoms with Crippen molar-refractivity contribution in [2.45, 2.75) is 25.7 Å². The highest BCUT2D eigenvalue weighted by atomic mass is 16.5. The van der Waals surface area contributed by atoms with Gasteiger partial charge in [0.05, 0.1) is 30.4 Å². The van der Waals surface area contributed by atoms with Crippen molar-refractivity contribution in [3.05, 3.63) is 90.1 Å². The lowest BCUT2D eigenvalue weighted by atomic mass is 9.78. The summed E-state index contributed by atoms with van der Waals surface area (Å²) in [5.41, 5.74) is 5.49. The summed E-state index contributed by atoms with van der Waals surface area (Å²) < 4.78 is 5.45. The van der Waals surface area contributed by atoms with E-state index in [1.807, 2.05) is 68.6 Å². The predicted octanol–water partition coefficient (Wildman–Crippen LogP) is 5.22. The average molecular weight is 452 g/mol. The Hall–Kier alpha value is -3.57. The molecular weight excluding hydrogens is 422 g/mol. The van der Waals surface area contributed by atoms with E-state index in [0.717, 1.165) is 65.4 Å². The molecule has 0 unspecified atom stereocenters. The van der Waals surface area contributed by atoms with Gasteiger partial charge in [0, 0.05) is 24.9 Å². The van der Waals surface area contributed by atoms with E-state index >= 15 is 0 Å². The molecule has 0 radical (unpaired) electrons. The summed E-state index contributed by atoms with van der Waals surface area (Å²) in [4.78, 5) is 24.7. The van der Waals surface area contributed by atoms with Crippen molar-refractivity contribution in [3.63, 3.8) is 0 Å². The lowest BCUT2D eigenvalue weighted by Crippen LogP contribution is -2.36. The quantitative estimate of drug-likeness (QED) is 0.402. The van der Waals surface area contributed by atoms with Crippen LogP contribution in [-0.4, -0.2) is 42.1 Å². The number of carbonyl (C=O) groups is 1. The Kier molecular flexibility index (Phi) is 6.12. The fourth-order valence-corrected chi connectivity index (χ4v) is 4.36. The number of ether oxygens (including phenoxy) is 1. The van der Waals surface area contributed by atoms with Crippen LogP contribution in [0.1, 0.15) is 25.0 Å². The number of carbonyl (C=O) groups excluding carboxylic acids is 1. The molecule has 0 spiro atoms. The van der Waals surface area contributed by atoms with E-state index in [4.69, 9.17) is 9.72 Å². The van der Waals surface area contributed by atoms with Gasteiger partial charge >= 0.3 is 0 Å². The predicted molar refractivity (Wildman–Crippen MR) is 136 cm³/mol. The normalized spacial score (nSPS) is 14.4. The van der Waals surface area contributed by atoms with Crippen molar-refractivity contribution >= 4 is 22.6 Å². The van der Waals surface area contributed by atoms with Gasteiger partial charge in [-0.3, -0.25) is 9.78 Å². The first-order chi connectivity index (χ1) is 16.5. The number of hydrogen-bond donors (Lipinski definition) is 0. The Morgan fingerprint density at radius 1 is 0.912 bits per heavy atom. The smallest absolute Gasteiger partial charge is 0.148 e. The average Bonchev–Trinajstić information content (AvgIpc) is 2.89. The zero-order valence-electron chi connectivity index (χ0n) is 19.7. The van der Waals surface area contributed by atoms with Gasteiger partial charge in [-0.05, 0) is 48.2 Å². The van der Waals surface area contributed by atoms with Gasteiger partial charge in [-0.2, -0.15) is 0 Å². The maximum Gasteiger partial charge on any atom is 0.148 e. The van der Waals surface area contributed by atoms with Crippen LogP contribution in [0, 0.1) is 0 Å². The molecule has 4 aromatic rings. The van der Waals surface area contributed by atoms with Crippen molar-refractivity contribution in [1.29, 1.82) is 0 Å². The third kappa shape index (κ3) is 4.57. The second kappa shape index (κ2) is 9.35. The number of morpholine rings is 1. The Labute approximate surface area is 200 Å². The second-order valence-electron chi connectivity index (χ2n) is 9.32. The van der Waals surface area contributed by atoms with Gasteiger partial charge in [-0.1, -0.05) is 60.7 Å². The van der Waals surface area contributed by atoms with E-state index in [2.05, 4.69) is 34.1 Å². The SMILES string of the molecule is CC(C)(C(=O)Cc1ccc(-c2ccc3ncc(N4CCOCC4)nc3c2)cc1)c1ccccc1. The van der Waals surface area contributed by atoms with Gasteiger partial charge < -0.3 is 9.64 Å². The molecule has 5 rings (SSSR count). The lowest BCUT2D eigenvalue weighted by Gasteiger charge is -2.27. The largest absolute Gasteiger partial charge is 0.378 e. The standard InChI is InChI=1S/C29H29N3O2/c1-29(2,24-6-4-3-5-7-24)27(33)18-21-8-10-22(11-9-21)23-12-13-25-26(19-23)31-28(20-30-25)32-14-16-34-17-15-32/h3-13,19-20H,14-18H2,1-2H3. The molecule has 1 aromatic heterocycles. The van der Waals surface area contributed by atoms with Crippen LogP contribution in [0.3, 0.4) is 0 Å². The molecule has 1 aliphatic heterocycles. The minimum Gasteiger partial charge on any atom is -0.378 e. The number of benzene rings is 3. The Morgan fingerprint density at radius 2 is 1.62 bits per heavy atom. The monoisotopic (exact) mass is 451 g/mol. The topological polar surface area (TPSA) is 55.3 Å². The highest BCUT2D eigenvalue weighted by Gasteiger charge is 2.29. The van der Waals surface area contributed by atoms with Gasteiger partial charge in [0.25, 0.3) is 0 Å². The summed E-state index contributed by atoms with van der Waals surface area (Å²) in [6.45, 7) is 7.11. The van der Waals surface area contributed by atoms with Crippen molar-refractivity contribution in [2.24, 2.45) is 0 Å². The number of hydrogen-bond acceptors (Lipinski definition) is 5. The number of anilines is 1. The molecule has 1 aliphatic rings. The van der Waals surface area contributed by atoms with Crippen LogP contribution in [0.15, 0.2) is 79.0 Å². The van der Waals surface area contributed by atoms with Gasteiger partial charge in [-0.15, -0.1) is 0 Å². The number of fused-ring (bicyclic) bond motifs is 1. The van der Waals surface area contributed by atoms with Crippen molar-refractivity contribution < 1.29 is 9.53 Å². The number of Topliss-reactive ketones (excluding diaryl/α,β-unsaturated/α-hetero) is 1. The van der Waals surface area contributed by atoms with E-state index in [-0.39, 0.29) is 5.78 Å². The number of ketones is 1. The molecule has 34 heavy (non-hydrogen) atoms. The third-order valence-corrected chi connectivity index (χ3v) is 6.71. The second-order valence-corrected chi connectivity index (χ2v) is 9.32. The van der Waals surface area contributed by atoms with Gasteiger partial charge in [0.1, 0.15) is 11.6 Å². The molecule has 0 N–H and O–H groups in total. The highest BCUT2D eigenvalue weighted by Crippen LogP contribution is 2.28. The van der Waals surface area contributed by atoms with E-state index in [9.17, 15) is 4.79 Å². The first kappa shape index (κ1) is 22.2. The molecule has 1 saturated heterocycles. The lowest BCUT2D eigenvalue weighted by molar-refractivity contribution is -0.122. The van der Waals surface area contributed by atoms with Crippen LogP contribution in [0.4, 0.5) is 5.82 Å². The number of rotatable bonds is 6. The molecule has 0 atom stereocenters. The first-order valence-corrected chi connectivity index (χ1v) is 11.8. The summed E-state index contributed by atoms with van der Waals surface area (Å²) >= 11 is 0. The molecule has 5 heteroatoms. The van der Waals surface area contributed by atoms with Gasteiger partial charge in [0.2, 0.25) is 0 Å². The first-order valence-electron chi connectivity index (χ1n) is 11.8. The van der Waals surface area contributed by atoms with E-state index in [1.54, 1.807) is 0 Å². The molecule has 0 bridgehead atoms. The minimum atomic E-state index is -0.519. The Balaban J connectivity index is 1.34. The molecule has 172 valence electrons. The fourth-order valence-electron chi connectivity index (χ4n) is 4.36. The number of aromatic nitrogens is 2. The van der Waals surface area contributed by atoms with Crippen molar-refractivity contribution in [1.82, 2.24) is 9.97 Å². The molecule has 0 aliphatic carbocycles. The number of nitrogens with zero attached hydrogens (tertiary/aromatic N) is 3. The van der Waals surface area contributed by atoms with Crippen LogP contribution in [0.25, 0.3) is 22.2 Å². The van der Waals surface area contributed by atoms with Gasteiger partial charge in [-0.25, -0.2) is 4.98 Å². The Morgan fingerprint density at radius 3 is 2.35 bits per heavy atom. The molecule has 5 nitrogen and oxygen atoms in total. The molecule has 0 saturated carbocycles. The Bertz CT molecular complexity index is 1290. The molecule has 1 fully saturated rings. The summed E-state index contributed by atoms with van der Waals surface area (Å²) in [7, 11) is 0. The van der Waals surface area contributed by atoms with E-state index in [1.165, 1.54) is 0 Å². The third-order valence-electron chi connectivity index (χ3n) is 6.71. The maximum atomic E-state index is 13.1. The fraction of sp³-hybridized carbons (Fsp3) is 0.276. The summed E-state index contributed by atoms with van der Waals surface area (Å²) in [5.74, 6) is 1.10. The van der Waals surface area contributed by atoms with Crippen LogP contribution in [0.2, 0.25) is 0 Å². The zero-order chi connectivity index (χ0) is 23.5. The molecule has 3 aromatic carbocycles. The van der Waals surface area contributed by atoms with E-state index < -0.39 is 5.41 Å². The van der Waals surface area contributed by atoms with Crippen LogP contribution < -0.4 is 4.90 Å².